The third kappa shape index (κ3) is 6.25. The van der Waals surface area contributed by atoms with Gasteiger partial charge in [-0.3, -0.25) is 0 Å². The lowest BCUT2D eigenvalue weighted by Gasteiger charge is -2.15. The Balaban J connectivity index is 0.974. The number of hydrogen-bond donors (Lipinski definition) is 0. The molecule has 0 aliphatic heterocycles. The monoisotopic (exact) mass is 906 g/mol. The molecule has 0 N–H and O–H groups in total. The Labute approximate surface area is 406 Å². The van der Waals surface area contributed by atoms with E-state index in [1.807, 2.05) is 42.5 Å². The van der Waals surface area contributed by atoms with Crippen molar-refractivity contribution < 1.29 is 8.83 Å². The molecule has 15 aromatic rings. The number of aromatic nitrogens is 4. The number of benzene rings is 11. The lowest BCUT2D eigenvalue weighted by molar-refractivity contribution is 0.668. The summed E-state index contributed by atoms with van der Waals surface area (Å²) < 4.78 is 15.8. The minimum absolute atomic E-state index is 0.543. The van der Waals surface area contributed by atoms with E-state index < -0.39 is 0 Å². The summed E-state index contributed by atoms with van der Waals surface area (Å²) in [5, 5.41) is 11.3. The van der Waals surface area contributed by atoms with Crippen molar-refractivity contribution in [2.45, 2.75) is 0 Å². The molecule has 0 atom stereocenters. The normalized spacial score (nSPS) is 11.9. The first-order chi connectivity index (χ1) is 35.2. The maximum Gasteiger partial charge on any atom is 0.164 e. The van der Waals surface area contributed by atoms with E-state index >= 15 is 0 Å². The third-order valence-corrected chi connectivity index (χ3v) is 14.2. The van der Waals surface area contributed by atoms with Crippen LogP contribution in [-0.4, -0.2) is 19.5 Å². The molecule has 11 aromatic carbocycles. The van der Waals surface area contributed by atoms with E-state index in [0.29, 0.717) is 17.5 Å². The summed E-state index contributed by atoms with van der Waals surface area (Å²) in [6.07, 6.45) is 0. The summed E-state index contributed by atoms with van der Waals surface area (Å²) >= 11 is 0. The maximum absolute atomic E-state index is 6.97. The zero-order valence-electron chi connectivity index (χ0n) is 38.0. The van der Waals surface area contributed by atoms with E-state index in [1.165, 1.54) is 32.3 Å². The van der Waals surface area contributed by atoms with Gasteiger partial charge in [0.05, 0.1) is 16.7 Å². The molecule has 4 aromatic heterocycles. The molecule has 0 fully saturated rings. The van der Waals surface area contributed by atoms with E-state index in [2.05, 4.69) is 193 Å². The van der Waals surface area contributed by atoms with Gasteiger partial charge >= 0.3 is 0 Å². The van der Waals surface area contributed by atoms with Crippen LogP contribution in [0.25, 0.3) is 149 Å². The number of rotatable bonds is 6. The first-order valence-corrected chi connectivity index (χ1v) is 23.9. The van der Waals surface area contributed by atoms with E-state index in [-0.39, 0.29) is 0 Å². The van der Waals surface area contributed by atoms with E-state index in [0.717, 1.165) is 99.5 Å². The predicted molar refractivity (Wildman–Crippen MR) is 291 cm³/mol. The molecule has 0 unspecified atom stereocenters. The fourth-order valence-electron chi connectivity index (χ4n) is 10.9. The molecule has 0 bridgehead atoms. The van der Waals surface area contributed by atoms with Crippen LogP contribution in [-0.2, 0) is 0 Å². The molecule has 0 saturated heterocycles. The second kappa shape index (κ2) is 15.4. The summed E-state index contributed by atoms with van der Waals surface area (Å²) in [7, 11) is 0. The Morgan fingerprint density at radius 1 is 0.282 bits per heavy atom. The first-order valence-electron chi connectivity index (χ1n) is 23.9. The molecular formula is C65H38N4O2. The number of fused-ring (bicyclic) bond motifs is 12. The number of nitrogens with zero attached hydrogens (tertiary/aromatic N) is 4. The zero-order chi connectivity index (χ0) is 46.6. The highest BCUT2D eigenvalue weighted by Gasteiger charge is 2.24. The van der Waals surface area contributed by atoms with Crippen molar-refractivity contribution in [2.24, 2.45) is 0 Å². The van der Waals surface area contributed by atoms with E-state index in [4.69, 9.17) is 23.8 Å². The van der Waals surface area contributed by atoms with Crippen LogP contribution in [0, 0.1) is 0 Å². The molecule has 0 aliphatic carbocycles. The molecule has 6 nitrogen and oxygen atoms in total. The van der Waals surface area contributed by atoms with Crippen molar-refractivity contribution in [3.8, 4) is 62.1 Å². The molecule has 6 heteroatoms. The highest BCUT2D eigenvalue weighted by atomic mass is 16.3. The first kappa shape index (κ1) is 39.4. The Morgan fingerprint density at radius 2 is 0.873 bits per heavy atom. The molecule has 0 aliphatic rings. The van der Waals surface area contributed by atoms with Crippen LogP contribution in [0.3, 0.4) is 0 Å². The minimum Gasteiger partial charge on any atom is -0.456 e. The van der Waals surface area contributed by atoms with Gasteiger partial charge in [0.25, 0.3) is 0 Å². The van der Waals surface area contributed by atoms with Crippen molar-refractivity contribution >= 4 is 87.2 Å². The topological polar surface area (TPSA) is 69.9 Å². The number of para-hydroxylation sites is 1. The van der Waals surface area contributed by atoms with Gasteiger partial charge in [0.2, 0.25) is 0 Å². The fourth-order valence-corrected chi connectivity index (χ4v) is 10.9. The Kier molecular flexibility index (Phi) is 8.56. The predicted octanol–water partition coefficient (Wildman–Crippen LogP) is 17.4. The second-order valence-corrected chi connectivity index (χ2v) is 18.3. The summed E-state index contributed by atoms with van der Waals surface area (Å²) in [4.78, 5) is 15.8. The summed E-state index contributed by atoms with van der Waals surface area (Å²) in [6, 6.07) is 81.1. The van der Waals surface area contributed by atoms with Gasteiger partial charge in [0.1, 0.15) is 22.3 Å². The van der Waals surface area contributed by atoms with Gasteiger partial charge < -0.3 is 13.4 Å². The average Bonchev–Trinajstić information content (AvgIpc) is 4.11. The number of furan rings is 2. The van der Waals surface area contributed by atoms with E-state index in [1.54, 1.807) is 0 Å². The molecule has 0 saturated carbocycles. The Hall–Kier alpha value is -9.65. The zero-order valence-corrected chi connectivity index (χ0v) is 38.0. The summed E-state index contributed by atoms with van der Waals surface area (Å²) in [5.74, 6) is 1.65. The molecule has 0 spiro atoms. The van der Waals surface area contributed by atoms with Gasteiger partial charge in [-0.05, 0) is 86.8 Å². The van der Waals surface area contributed by atoms with Crippen LogP contribution in [0.4, 0.5) is 0 Å². The van der Waals surface area contributed by atoms with Crippen molar-refractivity contribution in [3.05, 3.63) is 231 Å². The molecule has 4 heterocycles. The van der Waals surface area contributed by atoms with Gasteiger partial charge in [0, 0.05) is 60.6 Å². The SMILES string of the molecule is c1ccc(-c2ccc(-c3nc(-c4ccc5c(c4)oc4ccccc45)nc(-c4cccc5oc6cc(-n7c8cc9ccccc9cc8c8c9ccccc9ccc87)c(-c7ccccc7)cc6c45)n3)cc2)cc1. The van der Waals surface area contributed by atoms with Gasteiger partial charge in [-0.1, -0.05) is 176 Å². The lowest BCUT2D eigenvalue weighted by Crippen LogP contribution is -2.00. The molecule has 71 heavy (non-hydrogen) atoms. The van der Waals surface area contributed by atoms with Gasteiger partial charge in [-0.25, -0.2) is 15.0 Å². The van der Waals surface area contributed by atoms with Crippen LogP contribution in [0.1, 0.15) is 0 Å². The molecular weight excluding hydrogens is 869 g/mol. The third-order valence-electron chi connectivity index (χ3n) is 14.2. The largest absolute Gasteiger partial charge is 0.456 e. The molecule has 330 valence electrons. The van der Waals surface area contributed by atoms with Crippen molar-refractivity contribution in [1.29, 1.82) is 0 Å². The van der Waals surface area contributed by atoms with Crippen LogP contribution in [0.15, 0.2) is 239 Å². The quantitative estimate of drug-likeness (QED) is 0.166. The van der Waals surface area contributed by atoms with Crippen LogP contribution < -0.4 is 0 Å². The molecule has 0 amide bonds. The molecule has 0 radical (unpaired) electrons. The number of hydrogen-bond acceptors (Lipinski definition) is 5. The average molecular weight is 907 g/mol. The Morgan fingerprint density at radius 3 is 1.69 bits per heavy atom. The van der Waals surface area contributed by atoms with Gasteiger partial charge in [0.15, 0.2) is 17.5 Å². The van der Waals surface area contributed by atoms with Crippen LogP contribution in [0.5, 0.6) is 0 Å². The fraction of sp³-hybridized carbons (Fsp3) is 0. The van der Waals surface area contributed by atoms with E-state index in [9.17, 15) is 0 Å². The highest BCUT2D eigenvalue weighted by molar-refractivity contribution is 6.24. The lowest BCUT2D eigenvalue weighted by atomic mass is 9.98. The highest BCUT2D eigenvalue weighted by Crippen LogP contribution is 2.45. The summed E-state index contributed by atoms with van der Waals surface area (Å²) in [6.45, 7) is 0. The smallest absolute Gasteiger partial charge is 0.164 e. The Bertz CT molecular complexity index is 4630. The van der Waals surface area contributed by atoms with Crippen molar-refractivity contribution in [3.63, 3.8) is 0 Å². The molecule has 15 rings (SSSR count). The summed E-state index contributed by atoms with van der Waals surface area (Å²) in [5.41, 5.74) is 13.4. The van der Waals surface area contributed by atoms with Crippen molar-refractivity contribution in [2.75, 3.05) is 0 Å². The standard InChI is InChI=1S/C65H38N4O2/c1-3-14-39(15-4-1)40-26-28-43(29-27-40)63-66-64(46-30-32-49-48-22-11-12-24-57(48)70-59(49)36-46)68-65(67-63)50-23-13-25-58-62(50)53-37-51(41-16-5-2-6-17-41)56(38-60(53)71-58)69-54-33-31-42-18-9-10-21-47(42)61(54)52-34-44-19-7-8-20-45(44)35-55(52)69/h1-38H. The second-order valence-electron chi connectivity index (χ2n) is 18.3. The maximum atomic E-state index is 6.97. The van der Waals surface area contributed by atoms with Gasteiger partial charge in [-0.2, -0.15) is 0 Å². The van der Waals surface area contributed by atoms with Crippen molar-refractivity contribution in [1.82, 2.24) is 19.5 Å². The van der Waals surface area contributed by atoms with Crippen LogP contribution in [0.2, 0.25) is 0 Å². The van der Waals surface area contributed by atoms with Gasteiger partial charge in [-0.15, -0.1) is 0 Å². The minimum atomic E-state index is 0.543. The van der Waals surface area contributed by atoms with Crippen LogP contribution >= 0.6 is 0 Å².